The van der Waals surface area contributed by atoms with Gasteiger partial charge in [0.15, 0.2) is 5.78 Å². The number of methoxy groups -OCH3 is 1. The molecule has 2 aromatic rings. The first-order valence-electron chi connectivity index (χ1n) is 7.13. The third kappa shape index (κ3) is 3.01. The van der Waals surface area contributed by atoms with Crippen molar-refractivity contribution in [3.8, 4) is 5.75 Å². The molecule has 1 aromatic heterocycles. The molecule has 1 atom stereocenters. The van der Waals surface area contributed by atoms with Gasteiger partial charge in [-0.3, -0.25) is 9.69 Å². The Labute approximate surface area is 129 Å². The molecule has 0 radical (unpaired) electrons. The molecule has 0 unspecified atom stereocenters. The highest BCUT2D eigenvalue weighted by Gasteiger charge is 2.29. The number of hydrogen-bond donors (Lipinski definition) is 0. The van der Waals surface area contributed by atoms with Gasteiger partial charge in [-0.1, -0.05) is 12.1 Å². The molecule has 1 aromatic carbocycles. The van der Waals surface area contributed by atoms with E-state index in [1.165, 1.54) is 17.5 Å². The maximum atomic E-state index is 11.4. The van der Waals surface area contributed by atoms with Gasteiger partial charge in [0.05, 0.1) is 12.0 Å². The molecule has 3 nitrogen and oxygen atoms in total. The molecule has 21 heavy (non-hydrogen) atoms. The Hall–Kier alpha value is -1.65. The lowest BCUT2D eigenvalue weighted by Gasteiger charge is -2.41. The smallest absolute Gasteiger partial charge is 0.169 e. The van der Waals surface area contributed by atoms with Gasteiger partial charge in [0.1, 0.15) is 5.75 Å². The van der Waals surface area contributed by atoms with Crippen LogP contribution < -0.4 is 4.74 Å². The van der Waals surface area contributed by atoms with E-state index in [0.717, 1.165) is 23.7 Å². The zero-order valence-corrected chi connectivity index (χ0v) is 13.2. The van der Waals surface area contributed by atoms with Gasteiger partial charge in [0.25, 0.3) is 0 Å². The summed E-state index contributed by atoms with van der Waals surface area (Å²) in [5.74, 6) is 1.06. The Bertz CT molecular complexity index is 650. The van der Waals surface area contributed by atoms with Crippen LogP contribution in [0, 0.1) is 0 Å². The second kappa shape index (κ2) is 6.00. The molecule has 0 aliphatic carbocycles. The number of rotatable bonds is 5. The fourth-order valence-corrected chi connectivity index (χ4v) is 3.54. The summed E-state index contributed by atoms with van der Waals surface area (Å²) in [6, 6.07) is 10.8. The molecule has 2 heterocycles. The molecule has 1 fully saturated rings. The Morgan fingerprint density at radius 1 is 1.43 bits per heavy atom. The topological polar surface area (TPSA) is 29.5 Å². The molecule has 0 N–H and O–H groups in total. The summed E-state index contributed by atoms with van der Waals surface area (Å²) in [7, 11) is 1.70. The van der Waals surface area contributed by atoms with Crippen molar-refractivity contribution in [2.45, 2.75) is 25.9 Å². The normalized spacial score (nSPS) is 18.3. The van der Waals surface area contributed by atoms with Crippen LogP contribution >= 0.6 is 11.3 Å². The van der Waals surface area contributed by atoms with Crippen molar-refractivity contribution in [2.75, 3.05) is 13.7 Å². The van der Waals surface area contributed by atoms with Gasteiger partial charge in [0.2, 0.25) is 0 Å². The molecule has 1 aliphatic heterocycles. The van der Waals surface area contributed by atoms with E-state index in [4.69, 9.17) is 4.74 Å². The van der Waals surface area contributed by atoms with Crippen molar-refractivity contribution in [1.82, 2.24) is 4.90 Å². The second-order valence-corrected chi connectivity index (χ2v) is 6.34. The summed E-state index contributed by atoms with van der Waals surface area (Å²) < 4.78 is 5.30. The van der Waals surface area contributed by atoms with Crippen molar-refractivity contribution in [2.24, 2.45) is 0 Å². The molecule has 4 heteroatoms. The molecule has 3 rings (SSSR count). The lowest BCUT2D eigenvalue weighted by molar-refractivity contribution is 0.0818. The van der Waals surface area contributed by atoms with Gasteiger partial charge in [-0.15, -0.1) is 11.3 Å². The minimum Gasteiger partial charge on any atom is -0.497 e. The van der Waals surface area contributed by atoms with E-state index in [1.54, 1.807) is 25.4 Å². The molecule has 1 aliphatic rings. The molecule has 0 bridgehead atoms. The van der Waals surface area contributed by atoms with Crippen LogP contribution in [0.25, 0.3) is 0 Å². The quantitative estimate of drug-likeness (QED) is 0.784. The fourth-order valence-electron chi connectivity index (χ4n) is 2.73. The third-order valence-corrected chi connectivity index (χ3v) is 5.08. The summed E-state index contributed by atoms with van der Waals surface area (Å²) >= 11 is 1.54. The van der Waals surface area contributed by atoms with Crippen molar-refractivity contribution in [3.63, 3.8) is 0 Å². The van der Waals surface area contributed by atoms with Crippen molar-refractivity contribution >= 4 is 17.1 Å². The van der Waals surface area contributed by atoms with Gasteiger partial charge in [0, 0.05) is 19.1 Å². The highest BCUT2D eigenvalue weighted by molar-refractivity contribution is 7.12. The van der Waals surface area contributed by atoms with Gasteiger partial charge in [-0.2, -0.15) is 0 Å². The number of hydrogen-bond acceptors (Lipinski definition) is 4. The highest BCUT2D eigenvalue weighted by atomic mass is 32.1. The summed E-state index contributed by atoms with van der Waals surface area (Å²) in [5, 5.41) is 2.09. The number of thiophene rings is 1. The zero-order chi connectivity index (χ0) is 14.8. The van der Waals surface area contributed by atoms with Crippen LogP contribution in [-0.2, 0) is 6.54 Å². The van der Waals surface area contributed by atoms with Gasteiger partial charge in [-0.05, 0) is 48.1 Å². The molecular formula is C17H19NO2S. The van der Waals surface area contributed by atoms with E-state index in [0.29, 0.717) is 6.04 Å². The summed E-state index contributed by atoms with van der Waals surface area (Å²) in [5.41, 5.74) is 2.54. The third-order valence-electron chi connectivity index (χ3n) is 4.00. The Kier molecular flexibility index (Phi) is 4.08. The number of ketones is 1. The van der Waals surface area contributed by atoms with E-state index < -0.39 is 0 Å². The van der Waals surface area contributed by atoms with Crippen LogP contribution in [0.5, 0.6) is 5.75 Å². The van der Waals surface area contributed by atoms with Crippen molar-refractivity contribution in [3.05, 3.63) is 51.7 Å². The first-order chi connectivity index (χ1) is 10.2. The molecule has 0 amide bonds. The summed E-state index contributed by atoms with van der Waals surface area (Å²) in [6.45, 7) is 3.64. The van der Waals surface area contributed by atoms with Gasteiger partial charge < -0.3 is 4.74 Å². The van der Waals surface area contributed by atoms with Crippen LogP contribution in [0.15, 0.2) is 35.7 Å². The molecule has 0 saturated carbocycles. The van der Waals surface area contributed by atoms with E-state index >= 15 is 0 Å². The van der Waals surface area contributed by atoms with E-state index in [2.05, 4.69) is 22.4 Å². The standard InChI is InChI=1S/C17H19NO2S/c1-12(19)17-8-13(11-21-17)10-18-7-6-16(18)14-4-3-5-15(9-14)20-2/h3-5,8-9,11,16H,6-7,10H2,1-2H3/t16-/m0/s1. The Balaban J connectivity index is 1.70. The maximum absolute atomic E-state index is 11.4. The van der Waals surface area contributed by atoms with Crippen LogP contribution in [0.3, 0.4) is 0 Å². The van der Waals surface area contributed by atoms with E-state index in [-0.39, 0.29) is 5.78 Å². The van der Waals surface area contributed by atoms with Crippen LogP contribution in [-0.4, -0.2) is 24.3 Å². The number of carbonyl (C=O) groups is 1. The number of ether oxygens (including phenoxy) is 1. The monoisotopic (exact) mass is 301 g/mol. The lowest BCUT2D eigenvalue weighted by atomic mass is 9.94. The molecule has 110 valence electrons. The highest BCUT2D eigenvalue weighted by Crippen LogP contribution is 2.36. The summed E-state index contributed by atoms with van der Waals surface area (Å²) in [4.78, 5) is 14.7. The van der Waals surface area contributed by atoms with Gasteiger partial charge >= 0.3 is 0 Å². The predicted molar refractivity (Wildman–Crippen MR) is 85.1 cm³/mol. The average Bonchev–Trinajstić information content (AvgIpc) is 2.93. The fraction of sp³-hybridized carbons (Fsp3) is 0.353. The average molecular weight is 301 g/mol. The maximum Gasteiger partial charge on any atom is 0.169 e. The first-order valence-corrected chi connectivity index (χ1v) is 8.01. The molecule has 1 saturated heterocycles. The van der Waals surface area contributed by atoms with Crippen LogP contribution in [0.1, 0.15) is 40.2 Å². The SMILES string of the molecule is COc1cccc([C@@H]2CCN2Cc2csc(C(C)=O)c2)c1. The van der Waals surface area contributed by atoms with E-state index in [1.807, 2.05) is 18.2 Å². The van der Waals surface area contributed by atoms with Crippen molar-refractivity contribution < 1.29 is 9.53 Å². The first kappa shape index (κ1) is 14.3. The lowest BCUT2D eigenvalue weighted by Crippen LogP contribution is -2.40. The number of Topliss-reactive ketones (excluding diaryl/α,β-unsaturated/α-hetero) is 1. The summed E-state index contributed by atoms with van der Waals surface area (Å²) in [6.07, 6.45) is 1.18. The molecular weight excluding hydrogens is 282 g/mol. The predicted octanol–water partition coefficient (Wildman–Crippen LogP) is 3.91. The minimum atomic E-state index is 0.152. The zero-order valence-electron chi connectivity index (χ0n) is 12.3. The number of likely N-dealkylation sites (tertiary alicyclic amines) is 1. The number of benzene rings is 1. The van der Waals surface area contributed by atoms with E-state index in [9.17, 15) is 4.79 Å². The second-order valence-electron chi connectivity index (χ2n) is 5.43. The number of nitrogens with zero attached hydrogens (tertiary/aromatic N) is 1. The Morgan fingerprint density at radius 3 is 2.90 bits per heavy atom. The minimum absolute atomic E-state index is 0.152. The van der Waals surface area contributed by atoms with Crippen LogP contribution in [0.2, 0.25) is 0 Å². The van der Waals surface area contributed by atoms with Crippen molar-refractivity contribution in [1.29, 1.82) is 0 Å². The van der Waals surface area contributed by atoms with Crippen LogP contribution in [0.4, 0.5) is 0 Å². The van der Waals surface area contributed by atoms with Gasteiger partial charge in [-0.25, -0.2) is 0 Å². The molecule has 0 spiro atoms. The number of carbonyl (C=O) groups excluding carboxylic acids is 1. The Morgan fingerprint density at radius 2 is 2.29 bits per heavy atom. The largest absolute Gasteiger partial charge is 0.497 e.